The summed E-state index contributed by atoms with van der Waals surface area (Å²) in [6, 6.07) is 22.3. The highest BCUT2D eigenvalue weighted by Gasteiger charge is 2.23. The molecule has 0 radical (unpaired) electrons. The molecule has 1 aliphatic heterocycles. The molecule has 0 unspecified atom stereocenters. The standard InChI is InChI=1S/C32H33N7O4/c1-32(2,3)26-19-27(36-31(43)35-25-13-6-9-21-8-4-5-12-24(21)25)39(37-26)23-11-7-10-22(18-23)34-20-28(40)33-16-17-38-29(41)14-15-30(38)42/h4-15,18-19,34H,16-17,20H2,1-3H3,(H,33,40)(H2,35,36,43). The molecule has 0 fully saturated rings. The van der Waals surface area contributed by atoms with Gasteiger partial charge in [0.15, 0.2) is 0 Å². The second-order valence-corrected chi connectivity index (χ2v) is 11.1. The van der Waals surface area contributed by atoms with Crippen LogP contribution in [-0.4, -0.2) is 58.1 Å². The average Bonchev–Trinajstić information content (AvgIpc) is 3.55. The van der Waals surface area contributed by atoms with E-state index in [9.17, 15) is 19.2 Å². The van der Waals surface area contributed by atoms with Gasteiger partial charge in [-0.2, -0.15) is 5.10 Å². The molecule has 4 N–H and O–H groups in total. The molecule has 220 valence electrons. The molecule has 0 bridgehead atoms. The topological polar surface area (TPSA) is 137 Å². The number of anilines is 3. The lowest BCUT2D eigenvalue weighted by atomic mass is 9.92. The summed E-state index contributed by atoms with van der Waals surface area (Å²) in [4.78, 5) is 49.9. The summed E-state index contributed by atoms with van der Waals surface area (Å²) in [6.45, 7) is 6.37. The van der Waals surface area contributed by atoms with Crippen LogP contribution in [-0.2, 0) is 19.8 Å². The third kappa shape index (κ3) is 6.89. The van der Waals surface area contributed by atoms with Crippen LogP contribution in [0.4, 0.5) is 22.0 Å². The van der Waals surface area contributed by atoms with E-state index in [1.54, 1.807) is 4.68 Å². The average molecular weight is 580 g/mol. The summed E-state index contributed by atoms with van der Waals surface area (Å²) in [5.41, 5.74) is 2.55. The smallest absolute Gasteiger partial charge is 0.324 e. The van der Waals surface area contributed by atoms with Crippen molar-refractivity contribution in [2.24, 2.45) is 0 Å². The molecule has 0 spiro atoms. The number of hydrogen-bond acceptors (Lipinski definition) is 6. The molecule has 0 aliphatic carbocycles. The Bertz CT molecular complexity index is 1710. The number of imide groups is 1. The molecule has 3 aromatic carbocycles. The largest absolute Gasteiger partial charge is 0.376 e. The Morgan fingerprint density at radius 2 is 1.58 bits per heavy atom. The van der Waals surface area contributed by atoms with Crippen LogP contribution in [0.5, 0.6) is 0 Å². The molecule has 5 amide bonds. The number of carbonyl (C=O) groups excluding carboxylic acids is 4. The Balaban J connectivity index is 1.26. The van der Waals surface area contributed by atoms with Crippen LogP contribution in [0.25, 0.3) is 16.5 Å². The predicted octanol–water partition coefficient (Wildman–Crippen LogP) is 4.42. The van der Waals surface area contributed by atoms with Gasteiger partial charge in [0, 0.05) is 47.8 Å². The molecule has 4 aromatic rings. The first-order valence-electron chi connectivity index (χ1n) is 13.9. The highest BCUT2D eigenvalue weighted by Crippen LogP contribution is 2.28. The third-order valence-electron chi connectivity index (χ3n) is 6.86. The monoisotopic (exact) mass is 579 g/mol. The molecule has 43 heavy (non-hydrogen) atoms. The van der Waals surface area contributed by atoms with E-state index in [4.69, 9.17) is 5.10 Å². The fourth-order valence-electron chi connectivity index (χ4n) is 4.59. The highest BCUT2D eigenvalue weighted by atomic mass is 16.2. The molecule has 11 heteroatoms. The molecule has 2 heterocycles. The third-order valence-corrected chi connectivity index (χ3v) is 6.86. The molecule has 0 saturated heterocycles. The van der Waals surface area contributed by atoms with E-state index in [2.05, 4.69) is 21.3 Å². The minimum Gasteiger partial charge on any atom is -0.376 e. The van der Waals surface area contributed by atoms with Crippen LogP contribution in [0.15, 0.2) is 84.9 Å². The van der Waals surface area contributed by atoms with Crippen LogP contribution in [0.2, 0.25) is 0 Å². The summed E-state index contributed by atoms with van der Waals surface area (Å²) < 4.78 is 1.66. The molecular formula is C32H33N7O4. The highest BCUT2D eigenvalue weighted by molar-refractivity contribution is 6.13. The van der Waals surface area contributed by atoms with Crippen molar-refractivity contribution in [3.63, 3.8) is 0 Å². The van der Waals surface area contributed by atoms with Gasteiger partial charge in [-0.3, -0.25) is 24.6 Å². The molecule has 1 aromatic heterocycles. The Morgan fingerprint density at radius 3 is 2.35 bits per heavy atom. The Labute approximate surface area is 248 Å². The predicted molar refractivity (Wildman–Crippen MR) is 166 cm³/mol. The zero-order chi connectivity index (χ0) is 30.6. The quantitative estimate of drug-likeness (QED) is 0.217. The minimum atomic E-state index is -0.406. The van der Waals surface area contributed by atoms with E-state index < -0.39 is 6.03 Å². The fraction of sp³-hybridized carbons (Fsp3) is 0.219. The van der Waals surface area contributed by atoms with E-state index >= 15 is 0 Å². The number of hydrogen-bond donors (Lipinski definition) is 4. The maximum Gasteiger partial charge on any atom is 0.324 e. The lowest BCUT2D eigenvalue weighted by molar-refractivity contribution is -0.137. The summed E-state index contributed by atoms with van der Waals surface area (Å²) >= 11 is 0. The van der Waals surface area contributed by atoms with Gasteiger partial charge in [0.25, 0.3) is 11.8 Å². The number of amides is 5. The summed E-state index contributed by atoms with van der Waals surface area (Å²) in [7, 11) is 0. The van der Waals surface area contributed by atoms with Crippen molar-refractivity contribution in [3.05, 3.63) is 90.6 Å². The maximum atomic E-state index is 13.2. The zero-order valence-corrected chi connectivity index (χ0v) is 24.2. The fourth-order valence-corrected chi connectivity index (χ4v) is 4.59. The van der Waals surface area contributed by atoms with Gasteiger partial charge in [0.2, 0.25) is 5.91 Å². The van der Waals surface area contributed by atoms with Gasteiger partial charge < -0.3 is 16.0 Å². The van der Waals surface area contributed by atoms with Gasteiger partial charge in [0.05, 0.1) is 23.6 Å². The van der Waals surface area contributed by atoms with E-state index in [0.29, 0.717) is 22.9 Å². The van der Waals surface area contributed by atoms with Crippen molar-refractivity contribution in [3.8, 4) is 5.69 Å². The lowest BCUT2D eigenvalue weighted by Crippen LogP contribution is -2.39. The second kappa shape index (κ2) is 12.2. The van der Waals surface area contributed by atoms with Crippen molar-refractivity contribution in [1.29, 1.82) is 0 Å². The molecule has 0 saturated carbocycles. The van der Waals surface area contributed by atoms with Crippen molar-refractivity contribution in [2.75, 3.05) is 35.6 Å². The van der Waals surface area contributed by atoms with Crippen molar-refractivity contribution in [2.45, 2.75) is 26.2 Å². The maximum absolute atomic E-state index is 13.2. The Kier molecular flexibility index (Phi) is 8.24. The summed E-state index contributed by atoms with van der Waals surface area (Å²) in [5.74, 6) is -0.582. The number of carbonyl (C=O) groups is 4. The number of rotatable bonds is 9. The van der Waals surface area contributed by atoms with E-state index in [1.165, 1.54) is 12.2 Å². The SMILES string of the molecule is CC(C)(C)c1cc(NC(=O)Nc2cccc3ccccc23)n(-c2cccc(NCC(=O)NCCN3C(=O)C=CC3=O)c2)n1. The Hall–Kier alpha value is -5.45. The summed E-state index contributed by atoms with van der Waals surface area (Å²) in [5, 5.41) is 18.4. The first-order valence-corrected chi connectivity index (χ1v) is 13.9. The van der Waals surface area contributed by atoms with Gasteiger partial charge in [-0.1, -0.05) is 63.2 Å². The normalized spacial score (nSPS) is 13.0. The van der Waals surface area contributed by atoms with Gasteiger partial charge in [-0.15, -0.1) is 0 Å². The van der Waals surface area contributed by atoms with Gasteiger partial charge in [-0.25, -0.2) is 9.48 Å². The number of fused-ring (bicyclic) bond motifs is 1. The van der Waals surface area contributed by atoms with E-state index in [-0.39, 0.29) is 42.8 Å². The van der Waals surface area contributed by atoms with Crippen LogP contribution in [0, 0.1) is 0 Å². The molecule has 1 aliphatic rings. The summed E-state index contributed by atoms with van der Waals surface area (Å²) in [6.07, 6.45) is 2.42. The number of nitrogens with one attached hydrogen (secondary N) is 4. The number of aromatic nitrogens is 2. The molecular weight excluding hydrogens is 546 g/mol. The van der Waals surface area contributed by atoms with E-state index in [0.717, 1.165) is 21.4 Å². The van der Waals surface area contributed by atoms with Gasteiger partial charge >= 0.3 is 6.03 Å². The Morgan fingerprint density at radius 1 is 0.860 bits per heavy atom. The molecule has 11 nitrogen and oxygen atoms in total. The number of benzene rings is 3. The first kappa shape index (κ1) is 29.1. The number of urea groups is 1. The molecule has 0 atom stereocenters. The second-order valence-electron chi connectivity index (χ2n) is 11.1. The van der Waals surface area contributed by atoms with Crippen molar-refractivity contribution in [1.82, 2.24) is 20.0 Å². The van der Waals surface area contributed by atoms with Crippen LogP contribution < -0.4 is 21.3 Å². The van der Waals surface area contributed by atoms with Crippen LogP contribution in [0.3, 0.4) is 0 Å². The zero-order valence-electron chi connectivity index (χ0n) is 24.2. The minimum absolute atomic E-state index is 0.0194. The van der Waals surface area contributed by atoms with Crippen molar-refractivity contribution >= 4 is 51.7 Å². The van der Waals surface area contributed by atoms with Crippen LogP contribution >= 0.6 is 0 Å². The van der Waals surface area contributed by atoms with Gasteiger partial charge in [0.1, 0.15) is 5.82 Å². The lowest BCUT2D eigenvalue weighted by Gasteiger charge is -2.15. The van der Waals surface area contributed by atoms with E-state index in [1.807, 2.05) is 93.6 Å². The van der Waals surface area contributed by atoms with Crippen LogP contribution in [0.1, 0.15) is 26.5 Å². The van der Waals surface area contributed by atoms with Gasteiger partial charge in [-0.05, 0) is 29.7 Å². The van der Waals surface area contributed by atoms with Crippen molar-refractivity contribution < 1.29 is 19.2 Å². The first-order chi connectivity index (χ1) is 20.6. The molecule has 5 rings (SSSR count). The number of nitrogens with zero attached hydrogens (tertiary/aromatic N) is 3.